The molecule has 0 fully saturated rings. The van der Waals surface area contributed by atoms with Crippen LogP contribution in [-0.2, 0) is 0 Å². The first kappa shape index (κ1) is 30.9. The Morgan fingerprint density at radius 2 is 0.927 bits per heavy atom. The Kier molecular flexibility index (Phi) is 7.03. The third kappa shape index (κ3) is 5.05. The number of benzene rings is 7. The molecular formula is C48H30N6O. The van der Waals surface area contributed by atoms with E-state index in [2.05, 4.69) is 153 Å². The summed E-state index contributed by atoms with van der Waals surface area (Å²) < 4.78 is 11.0. The fourth-order valence-electron chi connectivity index (χ4n) is 7.85. The van der Waals surface area contributed by atoms with Crippen molar-refractivity contribution in [3.63, 3.8) is 0 Å². The van der Waals surface area contributed by atoms with Gasteiger partial charge in [0, 0.05) is 43.9 Å². The average Bonchev–Trinajstić information content (AvgIpc) is 3.98. The Hall–Kier alpha value is -7.64. The van der Waals surface area contributed by atoms with E-state index in [1.807, 2.05) is 48.5 Å². The van der Waals surface area contributed by atoms with Crippen molar-refractivity contribution in [2.24, 2.45) is 0 Å². The van der Waals surface area contributed by atoms with Crippen molar-refractivity contribution in [1.29, 1.82) is 0 Å². The van der Waals surface area contributed by atoms with E-state index in [-0.39, 0.29) is 0 Å². The van der Waals surface area contributed by atoms with Crippen LogP contribution in [0.5, 0.6) is 0 Å². The zero-order valence-electron chi connectivity index (χ0n) is 29.4. The van der Waals surface area contributed by atoms with Gasteiger partial charge in [0.1, 0.15) is 0 Å². The standard InChI is InChI=1S/C48H30N6O/c1-4-15-31(16-5-1)40-30-41(32-17-6-2-7-18-32)50-48(49-40)54-43-26-13-11-22-36(43)39-29-33(27-28-44(39)54)46-51-52-47(55-46)38-24-14-23-37-35-21-10-12-25-42(35)53(45(37)38)34-19-8-3-9-20-34/h1-30H. The third-order valence-electron chi connectivity index (χ3n) is 10.3. The van der Waals surface area contributed by atoms with Gasteiger partial charge in [-0.15, -0.1) is 10.2 Å². The van der Waals surface area contributed by atoms with Crippen LogP contribution < -0.4 is 0 Å². The smallest absolute Gasteiger partial charge is 0.250 e. The largest absolute Gasteiger partial charge is 0.416 e. The maximum absolute atomic E-state index is 6.57. The second kappa shape index (κ2) is 12.5. The molecule has 0 amide bonds. The molecule has 0 unspecified atom stereocenters. The lowest BCUT2D eigenvalue weighted by atomic mass is 10.1. The molecule has 0 aliphatic rings. The molecule has 0 saturated carbocycles. The fraction of sp³-hybridized carbons (Fsp3) is 0. The normalized spacial score (nSPS) is 11.6. The molecule has 11 rings (SSSR count). The number of para-hydroxylation sites is 4. The molecule has 0 saturated heterocycles. The SMILES string of the molecule is c1ccc(-c2cc(-c3ccccc3)nc(-n3c4ccccc4c4cc(-c5nnc(-c6cccc7c8ccccc8n(-c8ccccc8)c67)o5)ccc43)n2)cc1. The molecule has 0 aliphatic heterocycles. The number of nitrogens with zero attached hydrogens (tertiary/aromatic N) is 6. The summed E-state index contributed by atoms with van der Waals surface area (Å²) in [5, 5.41) is 13.6. The topological polar surface area (TPSA) is 74.6 Å². The van der Waals surface area contributed by atoms with Crippen LogP contribution in [0.4, 0.5) is 0 Å². The molecule has 0 N–H and O–H groups in total. The lowest BCUT2D eigenvalue weighted by Gasteiger charge is -2.11. The quantitative estimate of drug-likeness (QED) is 0.172. The van der Waals surface area contributed by atoms with Gasteiger partial charge in [-0.05, 0) is 54.6 Å². The van der Waals surface area contributed by atoms with Crippen LogP contribution in [0.3, 0.4) is 0 Å². The van der Waals surface area contributed by atoms with Crippen LogP contribution in [0.1, 0.15) is 0 Å². The predicted molar refractivity (Wildman–Crippen MR) is 220 cm³/mol. The van der Waals surface area contributed by atoms with E-state index in [0.717, 1.165) is 77.6 Å². The molecule has 7 aromatic carbocycles. The molecule has 0 aliphatic carbocycles. The van der Waals surface area contributed by atoms with Gasteiger partial charge in [-0.1, -0.05) is 127 Å². The van der Waals surface area contributed by atoms with Crippen LogP contribution in [0.25, 0.3) is 101 Å². The number of hydrogen-bond acceptors (Lipinski definition) is 5. The maximum atomic E-state index is 6.57. The van der Waals surface area contributed by atoms with E-state index < -0.39 is 0 Å². The maximum Gasteiger partial charge on any atom is 0.250 e. The fourth-order valence-corrected chi connectivity index (χ4v) is 7.85. The number of aromatic nitrogens is 6. The molecular weight excluding hydrogens is 677 g/mol. The average molecular weight is 707 g/mol. The van der Waals surface area contributed by atoms with Crippen LogP contribution in [-0.4, -0.2) is 29.3 Å². The summed E-state index contributed by atoms with van der Waals surface area (Å²) in [6.45, 7) is 0. The van der Waals surface area contributed by atoms with Gasteiger partial charge in [0.2, 0.25) is 17.7 Å². The van der Waals surface area contributed by atoms with Crippen molar-refractivity contribution in [1.82, 2.24) is 29.3 Å². The van der Waals surface area contributed by atoms with Gasteiger partial charge in [-0.2, -0.15) is 0 Å². The number of fused-ring (bicyclic) bond motifs is 6. The summed E-state index contributed by atoms with van der Waals surface area (Å²) in [6.07, 6.45) is 0. The van der Waals surface area contributed by atoms with Crippen molar-refractivity contribution < 1.29 is 4.42 Å². The Bertz CT molecular complexity index is 3140. The van der Waals surface area contributed by atoms with Crippen molar-refractivity contribution >= 4 is 43.6 Å². The van der Waals surface area contributed by atoms with Gasteiger partial charge in [0.05, 0.1) is 39.0 Å². The molecule has 4 heterocycles. The van der Waals surface area contributed by atoms with Gasteiger partial charge in [0.25, 0.3) is 0 Å². The second-order valence-corrected chi connectivity index (χ2v) is 13.6. The van der Waals surface area contributed by atoms with Crippen LogP contribution >= 0.6 is 0 Å². The summed E-state index contributed by atoms with van der Waals surface area (Å²) in [6, 6.07) is 62.4. The van der Waals surface area contributed by atoms with E-state index in [0.29, 0.717) is 17.7 Å². The zero-order valence-corrected chi connectivity index (χ0v) is 29.4. The Balaban J connectivity index is 1.07. The van der Waals surface area contributed by atoms with Gasteiger partial charge >= 0.3 is 0 Å². The first-order chi connectivity index (χ1) is 27.3. The minimum Gasteiger partial charge on any atom is -0.416 e. The molecule has 0 radical (unpaired) electrons. The van der Waals surface area contributed by atoms with Crippen molar-refractivity contribution in [3.8, 4) is 57.1 Å². The molecule has 0 atom stereocenters. The Morgan fingerprint density at radius 1 is 0.382 bits per heavy atom. The Labute approximate surface area is 315 Å². The van der Waals surface area contributed by atoms with E-state index in [9.17, 15) is 0 Å². The van der Waals surface area contributed by atoms with E-state index in [1.165, 1.54) is 5.39 Å². The summed E-state index contributed by atoms with van der Waals surface area (Å²) in [5.41, 5.74) is 10.7. The third-order valence-corrected chi connectivity index (χ3v) is 10.3. The molecule has 0 bridgehead atoms. The van der Waals surface area contributed by atoms with Crippen LogP contribution in [0.2, 0.25) is 0 Å². The molecule has 55 heavy (non-hydrogen) atoms. The minimum absolute atomic E-state index is 0.446. The van der Waals surface area contributed by atoms with Crippen LogP contribution in [0.15, 0.2) is 186 Å². The second-order valence-electron chi connectivity index (χ2n) is 13.6. The highest BCUT2D eigenvalue weighted by Crippen LogP contribution is 2.39. The highest BCUT2D eigenvalue weighted by atomic mass is 16.4. The first-order valence-electron chi connectivity index (χ1n) is 18.2. The summed E-state index contributed by atoms with van der Waals surface area (Å²) in [5.74, 6) is 1.51. The van der Waals surface area contributed by atoms with Crippen molar-refractivity contribution in [2.75, 3.05) is 0 Å². The van der Waals surface area contributed by atoms with Crippen molar-refractivity contribution in [2.45, 2.75) is 0 Å². The molecule has 7 nitrogen and oxygen atoms in total. The summed E-state index contributed by atoms with van der Waals surface area (Å²) in [4.78, 5) is 10.3. The lowest BCUT2D eigenvalue weighted by molar-refractivity contribution is 0.585. The van der Waals surface area contributed by atoms with Gasteiger partial charge in [-0.3, -0.25) is 4.57 Å². The van der Waals surface area contributed by atoms with Crippen molar-refractivity contribution in [3.05, 3.63) is 182 Å². The zero-order chi connectivity index (χ0) is 36.3. The molecule has 7 heteroatoms. The number of hydrogen-bond donors (Lipinski definition) is 0. The molecule has 258 valence electrons. The minimum atomic E-state index is 0.446. The molecule has 11 aromatic rings. The lowest BCUT2D eigenvalue weighted by Crippen LogP contribution is -2.03. The van der Waals surface area contributed by atoms with Gasteiger partial charge in [-0.25, -0.2) is 9.97 Å². The number of rotatable bonds is 6. The van der Waals surface area contributed by atoms with E-state index >= 15 is 0 Å². The molecule has 4 aromatic heterocycles. The highest BCUT2D eigenvalue weighted by molar-refractivity contribution is 6.13. The predicted octanol–water partition coefficient (Wildman–Crippen LogP) is 11.7. The monoisotopic (exact) mass is 706 g/mol. The first-order valence-corrected chi connectivity index (χ1v) is 18.2. The van der Waals surface area contributed by atoms with E-state index in [4.69, 9.17) is 14.4 Å². The highest BCUT2D eigenvalue weighted by Gasteiger charge is 2.22. The molecule has 0 spiro atoms. The van der Waals surface area contributed by atoms with Gasteiger partial charge < -0.3 is 8.98 Å². The summed E-state index contributed by atoms with van der Waals surface area (Å²) in [7, 11) is 0. The summed E-state index contributed by atoms with van der Waals surface area (Å²) >= 11 is 0. The van der Waals surface area contributed by atoms with E-state index in [1.54, 1.807) is 0 Å². The van der Waals surface area contributed by atoms with Crippen LogP contribution in [0, 0.1) is 0 Å². The van der Waals surface area contributed by atoms with Gasteiger partial charge in [0.15, 0.2) is 0 Å². The Morgan fingerprint density at radius 3 is 1.62 bits per heavy atom.